The molecule has 0 bridgehead atoms. The van der Waals surface area contributed by atoms with Crippen molar-refractivity contribution in [2.24, 2.45) is 5.92 Å². The Bertz CT molecular complexity index is 132. The molecule has 1 N–H and O–H groups in total. The van der Waals surface area contributed by atoms with Gasteiger partial charge in [-0.15, -0.1) is 0 Å². The first-order valence-corrected chi connectivity index (χ1v) is 5.24. The van der Waals surface area contributed by atoms with Crippen molar-refractivity contribution in [1.29, 1.82) is 0 Å². The van der Waals surface area contributed by atoms with E-state index in [9.17, 15) is 0 Å². The van der Waals surface area contributed by atoms with Crippen molar-refractivity contribution in [3.8, 4) is 0 Å². The standard InChI is InChI=1S/C11H24N2/c1-5-7-11(3)10-13(6-2)9-8-12-4/h5,7,11-12H,6,8-10H2,1-4H3/b7-5-. The maximum Gasteiger partial charge on any atom is 0.0107 e. The van der Waals surface area contributed by atoms with E-state index in [2.05, 4.69) is 43.1 Å². The molecule has 0 spiro atoms. The van der Waals surface area contributed by atoms with Crippen LogP contribution in [0.2, 0.25) is 0 Å². The van der Waals surface area contributed by atoms with Crippen molar-refractivity contribution in [3.63, 3.8) is 0 Å². The summed E-state index contributed by atoms with van der Waals surface area (Å²) in [7, 11) is 2.00. The van der Waals surface area contributed by atoms with Gasteiger partial charge in [0.05, 0.1) is 0 Å². The summed E-state index contributed by atoms with van der Waals surface area (Å²) in [6, 6.07) is 0. The third-order valence-corrected chi connectivity index (χ3v) is 2.19. The summed E-state index contributed by atoms with van der Waals surface area (Å²) in [6.45, 7) is 11.1. The van der Waals surface area contributed by atoms with Crippen molar-refractivity contribution in [3.05, 3.63) is 12.2 Å². The summed E-state index contributed by atoms with van der Waals surface area (Å²) >= 11 is 0. The van der Waals surface area contributed by atoms with Gasteiger partial charge < -0.3 is 10.2 Å². The highest BCUT2D eigenvalue weighted by atomic mass is 15.1. The second kappa shape index (κ2) is 8.27. The Kier molecular flexibility index (Phi) is 8.05. The van der Waals surface area contributed by atoms with Gasteiger partial charge in [-0.3, -0.25) is 0 Å². The molecule has 0 saturated heterocycles. The Balaban J connectivity index is 3.68. The summed E-state index contributed by atoms with van der Waals surface area (Å²) in [6.07, 6.45) is 4.40. The Morgan fingerprint density at radius 2 is 2.15 bits per heavy atom. The van der Waals surface area contributed by atoms with Gasteiger partial charge in [-0.05, 0) is 26.4 Å². The minimum Gasteiger partial charge on any atom is -0.318 e. The summed E-state index contributed by atoms with van der Waals surface area (Å²) in [5, 5.41) is 3.18. The third-order valence-electron chi connectivity index (χ3n) is 2.19. The first-order chi connectivity index (χ1) is 6.24. The SMILES string of the molecule is C/C=C\C(C)CN(CC)CCNC. The van der Waals surface area contributed by atoms with Gasteiger partial charge in [0, 0.05) is 19.6 Å². The molecule has 0 aliphatic carbocycles. The molecule has 0 rings (SSSR count). The second-order valence-electron chi connectivity index (χ2n) is 3.50. The fourth-order valence-electron chi connectivity index (χ4n) is 1.45. The molecule has 0 aliphatic heterocycles. The minimum atomic E-state index is 0.668. The maximum atomic E-state index is 3.18. The largest absolute Gasteiger partial charge is 0.318 e. The first-order valence-electron chi connectivity index (χ1n) is 5.24. The van der Waals surface area contributed by atoms with Crippen molar-refractivity contribution in [1.82, 2.24) is 10.2 Å². The van der Waals surface area contributed by atoms with E-state index in [0.29, 0.717) is 5.92 Å². The maximum absolute atomic E-state index is 3.18. The fraction of sp³-hybridized carbons (Fsp3) is 0.818. The zero-order valence-electron chi connectivity index (χ0n) is 9.51. The molecule has 0 saturated carbocycles. The summed E-state index contributed by atoms with van der Waals surface area (Å²) < 4.78 is 0. The van der Waals surface area contributed by atoms with E-state index in [-0.39, 0.29) is 0 Å². The van der Waals surface area contributed by atoms with Crippen LogP contribution in [0.1, 0.15) is 20.8 Å². The van der Waals surface area contributed by atoms with Crippen molar-refractivity contribution in [2.75, 3.05) is 33.2 Å². The molecule has 0 amide bonds. The predicted molar refractivity (Wildman–Crippen MR) is 60.0 cm³/mol. The highest BCUT2D eigenvalue weighted by Crippen LogP contribution is 2.00. The van der Waals surface area contributed by atoms with Crippen LogP contribution >= 0.6 is 0 Å². The lowest BCUT2D eigenvalue weighted by Gasteiger charge is -2.22. The second-order valence-corrected chi connectivity index (χ2v) is 3.50. The summed E-state index contributed by atoms with van der Waals surface area (Å²) in [4.78, 5) is 2.47. The molecular weight excluding hydrogens is 160 g/mol. The smallest absolute Gasteiger partial charge is 0.0107 e. The van der Waals surface area contributed by atoms with Gasteiger partial charge in [-0.25, -0.2) is 0 Å². The van der Waals surface area contributed by atoms with Crippen LogP contribution < -0.4 is 5.32 Å². The normalized spacial score (nSPS) is 14.2. The molecule has 2 nitrogen and oxygen atoms in total. The van der Waals surface area contributed by atoms with Crippen LogP contribution in [0.4, 0.5) is 0 Å². The van der Waals surface area contributed by atoms with Gasteiger partial charge >= 0.3 is 0 Å². The zero-order chi connectivity index (χ0) is 10.1. The van der Waals surface area contributed by atoms with Crippen molar-refractivity contribution in [2.45, 2.75) is 20.8 Å². The number of nitrogens with zero attached hydrogens (tertiary/aromatic N) is 1. The average Bonchev–Trinajstić information content (AvgIpc) is 2.12. The van der Waals surface area contributed by atoms with Gasteiger partial charge in [-0.2, -0.15) is 0 Å². The topological polar surface area (TPSA) is 15.3 Å². The van der Waals surface area contributed by atoms with Crippen LogP contribution in [0.3, 0.4) is 0 Å². The Morgan fingerprint density at radius 1 is 1.46 bits per heavy atom. The molecule has 0 aromatic heterocycles. The molecule has 0 aliphatic rings. The highest BCUT2D eigenvalue weighted by Gasteiger charge is 2.04. The van der Waals surface area contributed by atoms with Crippen molar-refractivity contribution >= 4 is 0 Å². The van der Waals surface area contributed by atoms with E-state index in [0.717, 1.165) is 19.6 Å². The lowest BCUT2D eigenvalue weighted by molar-refractivity contribution is 0.268. The van der Waals surface area contributed by atoms with E-state index < -0.39 is 0 Å². The van der Waals surface area contributed by atoms with Crippen LogP contribution in [-0.4, -0.2) is 38.1 Å². The van der Waals surface area contributed by atoms with E-state index >= 15 is 0 Å². The van der Waals surface area contributed by atoms with E-state index in [1.165, 1.54) is 6.54 Å². The molecule has 78 valence electrons. The lowest BCUT2D eigenvalue weighted by atomic mass is 10.1. The van der Waals surface area contributed by atoms with Crippen LogP contribution in [0, 0.1) is 5.92 Å². The van der Waals surface area contributed by atoms with Crippen LogP contribution in [0.15, 0.2) is 12.2 Å². The van der Waals surface area contributed by atoms with Gasteiger partial charge in [-0.1, -0.05) is 26.0 Å². The number of nitrogens with one attached hydrogen (secondary N) is 1. The Labute approximate surface area is 83.0 Å². The number of likely N-dealkylation sites (N-methyl/N-ethyl adjacent to an activating group) is 2. The molecule has 1 atom stereocenters. The van der Waals surface area contributed by atoms with Gasteiger partial charge in [0.2, 0.25) is 0 Å². The number of allylic oxidation sites excluding steroid dienone is 1. The molecule has 1 unspecified atom stereocenters. The first kappa shape index (κ1) is 12.7. The summed E-state index contributed by atoms with van der Waals surface area (Å²) in [5.41, 5.74) is 0. The molecule has 0 aromatic rings. The molecule has 0 radical (unpaired) electrons. The minimum absolute atomic E-state index is 0.668. The molecular formula is C11H24N2. The molecule has 0 heterocycles. The Morgan fingerprint density at radius 3 is 2.62 bits per heavy atom. The highest BCUT2D eigenvalue weighted by molar-refractivity contribution is 4.84. The monoisotopic (exact) mass is 184 g/mol. The Hall–Kier alpha value is -0.340. The van der Waals surface area contributed by atoms with Crippen LogP contribution in [0.5, 0.6) is 0 Å². The molecule has 0 aromatic carbocycles. The zero-order valence-corrected chi connectivity index (χ0v) is 9.51. The van der Waals surface area contributed by atoms with E-state index in [4.69, 9.17) is 0 Å². The number of hydrogen-bond acceptors (Lipinski definition) is 2. The summed E-state index contributed by atoms with van der Waals surface area (Å²) in [5.74, 6) is 0.668. The van der Waals surface area contributed by atoms with Crippen LogP contribution in [0.25, 0.3) is 0 Å². The average molecular weight is 184 g/mol. The number of rotatable bonds is 7. The molecule has 13 heavy (non-hydrogen) atoms. The van der Waals surface area contributed by atoms with Gasteiger partial charge in [0.15, 0.2) is 0 Å². The van der Waals surface area contributed by atoms with E-state index in [1.807, 2.05) is 7.05 Å². The van der Waals surface area contributed by atoms with Crippen LogP contribution in [-0.2, 0) is 0 Å². The van der Waals surface area contributed by atoms with E-state index in [1.54, 1.807) is 0 Å². The fourth-order valence-corrected chi connectivity index (χ4v) is 1.45. The quantitative estimate of drug-likeness (QED) is 0.606. The third kappa shape index (κ3) is 6.79. The molecule has 0 fully saturated rings. The van der Waals surface area contributed by atoms with Crippen molar-refractivity contribution < 1.29 is 0 Å². The van der Waals surface area contributed by atoms with Gasteiger partial charge in [0.1, 0.15) is 0 Å². The lowest BCUT2D eigenvalue weighted by Crippen LogP contribution is -2.33. The van der Waals surface area contributed by atoms with Gasteiger partial charge in [0.25, 0.3) is 0 Å². The molecule has 2 heteroatoms. The predicted octanol–water partition coefficient (Wildman–Crippen LogP) is 1.74. The number of hydrogen-bond donors (Lipinski definition) is 1.